The summed E-state index contributed by atoms with van der Waals surface area (Å²) in [5.41, 5.74) is 7.17. The molecule has 0 bridgehead atoms. The van der Waals surface area contributed by atoms with Gasteiger partial charge in [-0.05, 0) is 24.3 Å². The molecule has 0 spiro atoms. The smallest absolute Gasteiger partial charge is 0.398 e. The number of amides is 1. The SMILES string of the molecule is Nc1cc(C(F)(F)F)ccc1-c1ccc(NC(=O)c2cscn2)nn1. The monoisotopic (exact) mass is 365 g/mol. The fourth-order valence-electron chi connectivity index (χ4n) is 2.02. The molecule has 0 fully saturated rings. The molecule has 0 saturated carbocycles. The largest absolute Gasteiger partial charge is 0.416 e. The first-order valence-electron chi connectivity index (χ1n) is 6.85. The highest BCUT2D eigenvalue weighted by Crippen LogP contribution is 2.34. The molecular formula is C15H10F3N5OS. The molecule has 0 aliphatic carbocycles. The molecule has 0 atom stereocenters. The number of anilines is 2. The zero-order chi connectivity index (χ0) is 18.0. The Morgan fingerprint density at radius 1 is 1.16 bits per heavy atom. The second-order valence-electron chi connectivity index (χ2n) is 4.93. The lowest BCUT2D eigenvalue weighted by Gasteiger charge is -2.10. The van der Waals surface area contributed by atoms with Crippen molar-refractivity contribution in [2.75, 3.05) is 11.1 Å². The van der Waals surface area contributed by atoms with E-state index in [4.69, 9.17) is 5.73 Å². The fraction of sp³-hybridized carbons (Fsp3) is 0.0667. The number of thiazole rings is 1. The summed E-state index contributed by atoms with van der Waals surface area (Å²) in [7, 11) is 0. The van der Waals surface area contributed by atoms with Crippen LogP contribution in [0.3, 0.4) is 0 Å². The summed E-state index contributed by atoms with van der Waals surface area (Å²) in [6, 6.07) is 5.97. The summed E-state index contributed by atoms with van der Waals surface area (Å²) in [4.78, 5) is 15.7. The van der Waals surface area contributed by atoms with Crippen molar-refractivity contribution in [1.82, 2.24) is 15.2 Å². The first kappa shape index (κ1) is 16.8. The molecular weight excluding hydrogens is 355 g/mol. The quantitative estimate of drug-likeness (QED) is 0.694. The summed E-state index contributed by atoms with van der Waals surface area (Å²) in [5, 5.41) is 11.8. The lowest BCUT2D eigenvalue weighted by molar-refractivity contribution is -0.137. The number of halogens is 3. The van der Waals surface area contributed by atoms with E-state index in [1.54, 1.807) is 5.38 Å². The van der Waals surface area contributed by atoms with Crippen LogP contribution >= 0.6 is 11.3 Å². The first-order valence-corrected chi connectivity index (χ1v) is 7.79. The molecule has 3 aromatic rings. The van der Waals surface area contributed by atoms with Crippen molar-refractivity contribution in [3.8, 4) is 11.3 Å². The van der Waals surface area contributed by atoms with Crippen LogP contribution in [0.5, 0.6) is 0 Å². The Morgan fingerprint density at radius 3 is 2.52 bits per heavy atom. The molecule has 0 radical (unpaired) electrons. The van der Waals surface area contributed by atoms with Crippen molar-refractivity contribution in [2.24, 2.45) is 0 Å². The first-order chi connectivity index (χ1) is 11.8. The summed E-state index contributed by atoms with van der Waals surface area (Å²) >= 11 is 1.28. The predicted molar refractivity (Wildman–Crippen MR) is 86.9 cm³/mol. The molecule has 3 rings (SSSR count). The second-order valence-corrected chi connectivity index (χ2v) is 5.65. The van der Waals surface area contributed by atoms with E-state index in [0.29, 0.717) is 5.56 Å². The summed E-state index contributed by atoms with van der Waals surface area (Å²) in [6.45, 7) is 0. The number of carbonyl (C=O) groups is 1. The summed E-state index contributed by atoms with van der Waals surface area (Å²) < 4.78 is 38.0. The maximum Gasteiger partial charge on any atom is 0.416 e. The number of nitrogens with two attached hydrogens (primary N) is 1. The topological polar surface area (TPSA) is 93.8 Å². The van der Waals surface area contributed by atoms with E-state index in [1.807, 2.05) is 0 Å². The summed E-state index contributed by atoms with van der Waals surface area (Å²) in [5.74, 6) is -0.246. The van der Waals surface area contributed by atoms with Crippen molar-refractivity contribution in [2.45, 2.75) is 6.18 Å². The van der Waals surface area contributed by atoms with Crippen LogP contribution < -0.4 is 11.1 Å². The number of carbonyl (C=O) groups excluding carboxylic acids is 1. The highest BCUT2D eigenvalue weighted by atomic mass is 32.1. The maximum absolute atomic E-state index is 12.7. The van der Waals surface area contributed by atoms with Crippen LogP contribution in [0, 0.1) is 0 Å². The van der Waals surface area contributed by atoms with Gasteiger partial charge in [0.25, 0.3) is 5.91 Å². The standard InChI is InChI=1S/C15H10F3N5OS/c16-15(17,18)8-1-2-9(10(19)5-8)11-3-4-13(23-22-11)21-14(24)12-6-25-7-20-12/h1-7H,19H2,(H,21,23,24). The Morgan fingerprint density at radius 2 is 1.96 bits per heavy atom. The normalized spacial score (nSPS) is 11.3. The van der Waals surface area contributed by atoms with Crippen molar-refractivity contribution >= 4 is 28.7 Å². The summed E-state index contributed by atoms with van der Waals surface area (Å²) in [6.07, 6.45) is -4.47. The Kier molecular flexibility index (Phi) is 4.36. The van der Waals surface area contributed by atoms with Crippen molar-refractivity contribution in [1.29, 1.82) is 0 Å². The molecule has 0 aliphatic rings. The molecule has 25 heavy (non-hydrogen) atoms. The van der Waals surface area contributed by atoms with Crippen LogP contribution in [0.25, 0.3) is 11.3 Å². The number of nitrogens with one attached hydrogen (secondary N) is 1. The third-order valence-corrected chi connectivity index (χ3v) is 3.81. The highest BCUT2D eigenvalue weighted by Gasteiger charge is 2.30. The molecule has 1 aromatic carbocycles. The molecule has 0 saturated heterocycles. The Bertz CT molecular complexity index is 895. The third kappa shape index (κ3) is 3.74. The van der Waals surface area contributed by atoms with Gasteiger partial charge in [-0.3, -0.25) is 4.79 Å². The van der Waals surface area contributed by atoms with E-state index in [1.165, 1.54) is 35.0 Å². The van der Waals surface area contributed by atoms with Crippen molar-refractivity contribution < 1.29 is 18.0 Å². The molecule has 1 amide bonds. The Labute approximate surface area is 143 Å². The van der Waals surface area contributed by atoms with E-state index in [2.05, 4.69) is 20.5 Å². The van der Waals surface area contributed by atoms with Gasteiger partial charge in [0.15, 0.2) is 5.82 Å². The van der Waals surface area contributed by atoms with Gasteiger partial charge in [-0.15, -0.1) is 21.5 Å². The minimum atomic E-state index is -4.47. The fourth-order valence-corrected chi connectivity index (χ4v) is 2.55. The number of aromatic nitrogens is 3. The Hall–Kier alpha value is -3.01. The van der Waals surface area contributed by atoms with Crippen molar-refractivity contribution in [3.63, 3.8) is 0 Å². The zero-order valence-electron chi connectivity index (χ0n) is 12.4. The molecule has 6 nitrogen and oxygen atoms in total. The van der Waals surface area contributed by atoms with Crippen LogP contribution in [0.1, 0.15) is 16.1 Å². The van der Waals surface area contributed by atoms with Gasteiger partial charge in [0.05, 0.1) is 16.8 Å². The molecule has 10 heteroatoms. The third-order valence-electron chi connectivity index (χ3n) is 3.23. The molecule has 0 unspecified atom stereocenters. The zero-order valence-corrected chi connectivity index (χ0v) is 13.2. The second kappa shape index (κ2) is 6.48. The molecule has 0 aliphatic heterocycles. The maximum atomic E-state index is 12.7. The molecule has 2 heterocycles. The number of hydrogen-bond donors (Lipinski definition) is 2. The van der Waals surface area contributed by atoms with Gasteiger partial charge in [-0.1, -0.05) is 6.07 Å². The number of rotatable bonds is 3. The number of alkyl halides is 3. The van der Waals surface area contributed by atoms with Gasteiger partial charge in [0.1, 0.15) is 5.69 Å². The van der Waals surface area contributed by atoms with Crippen LogP contribution in [0.15, 0.2) is 41.2 Å². The highest BCUT2D eigenvalue weighted by molar-refractivity contribution is 7.07. The lowest BCUT2D eigenvalue weighted by atomic mass is 10.1. The number of hydrogen-bond acceptors (Lipinski definition) is 6. The predicted octanol–water partition coefficient (Wildman–Crippen LogP) is 3.45. The number of benzene rings is 1. The van der Waals surface area contributed by atoms with Crippen LogP contribution in [-0.4, -0.2) is 21.1 Å². The molecule has 2 aromatic heterocycles. The van der Waals surface area contributed by atoms with Crippen LogP contribution in [0.2, 0.25) is 0 Å². The van der Waals surface area contributed by atoms with Crippen LogP contribution in [-0.2, 0) is 6.18 Å². The van der Waals surface area contributed by atoms with Gasteiger partial charge in [0, 0.05) is 16.6 Å². The van der Waals surface area contributed by atoms with Crippen LogP contribution in [0.4, 0.5) is 24.7 Å². The van der Waals surface area contributed by atoms with E-state index in [9.17, 15) is 18.0 Å². The van der Waals surface area contributed by atoms with Gasteiger partial charge >= 0.3 is 6.18 Å². The van der Waals surface area contributed by atoms with E-state index in [-0.39, 0.29) is 22.9 Å². The molecule has 128 valence electrons. The minimum absolute atomic E-state index is 0.0663. The van der Waals surface area contributed by atoms with Gasteiger partial charge in [-0.2, -0.15) is 13.2 Å². The van der Waals surface area contributed by atoms with E-state index in [0.717, 1.165) is 12.1 Å². The Balaban J connectivity index is 1.80. The number of nitrogen functional groups attached to an aromatic ring is 1. The van der Waals surface area contributed by atoms with E-state index >= 15 is 0 Å². The van der Waals surface area contributed by atoms with Gasteiger partial charge in [-0.25, -0.2) is 4.98 Å². The lowest BCUT2D eigenvalue weighted by Crippen LogP contribution is -2.13. The minimum Gasteiger partial charge on any atom is -0.398 e. The van der Waals surface area contributed by atoms with Gasteiger partial charge in [0.2, 0.25) is 0 Å². The molecule has 3 N–H and O–H groups in total. The number of nitrogens with zero attached hydrogens (tertiary/aromatic N) is 3. The average Bonchev–Trinajstić information content (AvgIpc) is 3.09. The van der Waals surface area contributed by atoms with Gasteiger partial charge < -0.3 is 11.1 Å². The van der Waals surface area contributed by atoms with Crippen molar-refractivity contribution in [3.05, 3.63) is 52.5 Å². The average molecular weight is 365 g/mol. The van der Waals surface area contributed by atoms with E-state index < -0.39 is 17.6 Å².